The Balaban J connectivity index is 2.30. The molecule has 0 unspecified atom stereocenters. The van der Waals surface area contributed by atoms with Gasteiger partial charge in [-0.25, -0.2) is 0 Å². The number of hydrogen-bond acceptors (Lipinski definition) is 1. The second-order valence-corrected chi connectivity index (χ2v) is 6.62. The monoisotopic (exact) mass is 386 g/mol. The van der Waals surface area contributed by atoms with Crippen LogP contribution in [0.1, 0.15) is 15.9 Å². The SMILES string of the molecule is O=C1c2ccccc2-c2cc(Br)cc3ccc(Br)c1c23. The van der Waals surface area contributed by atoms with Crippen molar-refractivity contribution in [2.24, 2.45) is 0 Å². The summed E-state index contributed by atoms with van der Waals surface area (Å²) in [6.45, 7) is 0. The summed E-state index contributed by atoms with van der Waals surface area (Å²) in [5, 5.41) is 2.11. The number of hydrogen-bond donors (Lipinski definition) is 0. The second kappa shape index (κ2) is 4.27. The van der Waals surface area contributed by atoms with Crippen molar-refractivity contribution in [2.45, 2.75) is 0 Å². The van der Waals surface area contributed by atoms with Gasteiger partial charge in [-0.15, -0.1) is 0 Å². The molecule has 1 aliphatic rings. The molecule has 3 aromatic rings. The van der Waals surface area contributed by atoms with Crippen molar-refractivity contribution >= 4 is 48.4 Å². The van der Waals surface area contributed by atoms with Crippen molar-refractivity contribution in [1.82, 2.24) is 0 Å². The lowest BCUT2D eigenvalue weighted by atomic mass is 9.83. The highest BCUT2D eigenvalue weighted by atomic mass is 79.9. The van der Waals surface area contributed by atoms with Crippen LogP contribution in [-0.4, -0.2) is 5.78 Å². The fraction of sp³-hybridized carbons (Fsp3) is 0. The third-order valence-electron chi connectivity index (χ3n) is 3.72. The third-order valence-corrected chi connectivity index (χ3v) is 4.84. The summed E-state index contributed by atoms with van der Waals surface area (Å²) < 4.78 is 1.88. The van der Waals surface area contributed by atoms with Crippen molar-refractivity contribution in [3.05, 3.63) is 68.6 Å². The predicted molar refractivity (Wildman–Crippen MR) is 88.2 cm³/mol. The molecular weight excluding hydrogens is 380 g/mol. The summed E-state index contributed by atoms with van der Waals surface area (Å²) in [6, 6.07) is 15.9. The van der Waals surface area contributed by atoms with Gasteiger partial charge in [-0.2, -0.15) is 0 Å². The van der Waals surface area contributed by atoms with Crippen LogP contribution < -0.4 is 0 Å². The number of rotatable bonds is 0. The summed E-state index contributed by atoms with van der Waals surface area (Å²) in [5.41, 5.74) is 3.66. The number of fused-ring (bicyclic) bond motifs is 2. The molecule has 0 bridgehead atoms. The lowest BCUT2D eigenvalue weighted by molar-refractivity contribution is 0.103. The first-order valence-corrected chi connectivity index (χ1v) is 7.81. The van der Waals surface area contributed by atoms with Crippen LogP contribution in [0.4, 0.5) is 0 Å². The molecule has 0 saturated heterocycles. The summed E-state index contributed by atoms with van der Waals surface area (Å²) in [6.07, 6.45) is 0. The first-order chi connectivity index (χ1) is 9.66. The highest BCUT2D eigenvalue weighted by Crippen LogP contribution is 2.43. The Morgan fingerprint density at radius 2 is 1.55 bits per heavy atom. The lowest BCUT2D eigenvalue weighted by Gasteiger charge is -2.21. The molecule has 0 spiro atoms. The molecule has 0 aromatic heterocycles. The Morgan fingerprint density at radius 3 is 2.35 bits per heavy atom. The first-order valence-electron chi connectivity index (χ1n) is 6.22. The molecule has 0 amide bonds. The number of halogens is 2. The van der Waals surface area contributed by atoms with Gasteiger partial charge < -0.3 is 0 Å². The van der Waals surface area contributed by atoms with Crippen LogP contribution in [0.3, 0.4) is 0 Å². The van der Waals surface area contributed by atoms with Crippen molar-refractivity contribution < 1.29 is 4.79 Å². The molecule has 0 fully saturated rings. The molecule has 0 saturated carbocycles. The van der Waals surface area contributed by atoms with Gasteiger partial charge in [0.25, 0.3) is 0 Å². The Kier molecular flexibility index (Phi) is 2.63. The normalized spacial score (nSPS) is 12.6. The maximum Gasteiger partial charge on any atom is 0.195 e. The fourth-order valence-electron chi connectivity index (χ4n) is 2.89. The quantitative estimate of drug-likeness (QED) is 0.385. The van der Waals surface area contributed by atoms with E-state index in [-0.39, 0.29) is 5.78 Å². The van der Waals surface area contributed by atoms with Crippen LogP contribution in [0.15, 0.2) is 57.5 Å². The molecule has 96 valence electrons. The van der Waals surface area contributed by atoms with E-state index in [1.54, 1.807) is 0 Å². The Labute approximate surface area is 132 Å². The van der Waals surface area contributed by atoms with Crippen molar-refractivity contribution in [2.75, 3.05) is 0 Å². The van der Waals surface area contributed by atoms with Gasteiger partial charge in [0, 0.05) is 25.5 Å². The standard InChI is InChI=1S/C17H8Br2O/c18-10-7-9-5-6-14(19)16-15(9)13(8-10)11-3-1-2-4-12(11)17(16)20/h1-8H. The van der Waals surface area contributed by atoms with E-state index in [0.29, 0.717) is 0 Å². The van der Waals surface area contributed by atoms with Crippen molar-refractivity contribution in [3.63, 3.8) is 0 Å². The molecule has 0 atom stereocenters. The largest absolute Gasteiger partial charge is 0.289 e. The fourth-order valence-corrected chi connectivity index (χ4v) is 3.88. The van der Waals surface area contributed by atoms with Crippen LogP contribution in [0, 0.1) is 0 Å². The second-order valence-electron chi connectivity index (χ2n) is 4.85. The van der Waals surface area contributed by atoms with Crippen LogP contribution in [0.25, 0.3) is 21.9 Å². The number of benzene rings is 3. The molecule has 0 radical (unpaired) electrons. The van der Waals surface area contributed by atoms with Gasteiger partial charge in [0.05, 0.1) is 0 Å². The molecule has 1 aliphatic carbocycles. The van der Waals surface area contributed by atoms with E-state index in [9.17, 15) is 4.79 Å². The third kappa shape index (κ3) is 1.57. The molecule has 0 N–H and O–H groups in total. The topological polar surface area (TPSA) is 17.1 Å². The van der Waals surface area contributed by atoms with Gasteiger partial charge in [0.15, 0.2) is 5.78 Å². The van der Waals surface area contributed by atoms with E-state index >= 15 is 0 Å². The summed E-state index contributed by atoms with van der Waals surface area (Å²) in [4.78, 5) is 12.8. The van der Waals surface area contributed by atoms with Crippen LogP contribution >= 0.6 is 31.9 Å². The maximum absolute atomic E-state index is 12.8. The van der Waals surface area contributed by atoms with E-state index in [1.165, 1.54) is 0 Å². The van der Waals surface area contributed by atoms with Gasteiger partial charge in [-0.05, 0) is 34.7 Å². The molecular formula is C17H8Br2O. The van der Waals surface area contributed by atoms with E-state index in [2.05, 4.69) is 44.0 Å². The minimum Gasteiger partial charge on any atom is -0.289 e. The minimum absolute atomic E-state index is 0.0906. The number of carbonyl (C=O) groups excluding carboxylic acids is 1. The Morgan fingerprint density at radius 1 is 0.800 bits per heavy atom. The minimum atomic E-state index is 0.0906. The first kappa shape index (κ1) is 12.3. The zero-order chi connectivity index (χ0) is 13.9. The summed E-state index contributed by atoms with van der Waals surface area (Å²) in [5.74, 6) is 0.0906. The molecule has 20 heavy (non-hydrogen) atoms. The van der Waals surface area contributed by atoms with Crippen LogP contribution in [-0.2, 0) is 0 Å². The molecule has 4 rings (SSSR count). The van der Waals surface area contributed by atoms with Gasteiger partial charge in [0.1, 0.15) is 0 Å². The van der Waals surface area contributed by atoms with Gasteiger partial charge in [-0.1, -0.05) is 62.2 Å². The van der Waals surface area contributed by atoms with Crippen LogP contribution in [0.2, 0.25) is 0 Å². The molecule has 3 aromatic carbocycles. The zero-order valence-electron chi connectivity index (χ0n) is 10.3. The van der Waals surface area contributed by atoms with Crippen molar-refractivity contribution in [1.29, 1.82) is 0 Å². The van der Waals surface area contributed by atoms with Crippen molar-refractivity contribution in [3.8, 4) is 11.1 Å². The van der Waals surface area contributed by atoms with Crippen LogP contribution in [0.5, 0.6) is 0 Å². The van der Waals surface area contributed by atoms with E-state index in [1.807, 2.05) is 36.4 Å². The maximum atomic E-state index is 12.8. The molecule has 0 aliphatic heterocycles. The van der Waals surface area contributed by atoms with Gasteiger partial charge in [-0.3, -0.25) is 4.79 Å². The average molecular weight is 388 g/mol. The Hall–Kier alpha value is -1.45. The smallest absolute Gasteiger partial charge is 0.195 e. The van der Waals surface area contributed by atoms with Gasteiger partial charge in [0.2, 0.25) is 0 Å². The molecule has 3 heteroatoms. The Bertz CT molecular complexity index is 897. The summed E-state index contributed by atoms with van der Waals surface area (Å²) in [7, 11) is 0. The van der Waals surface area contributed by atoms with E-state index < -0.39 is 0 Å². The predicted octanol–water partition coefficient (Wildman–Crippen LogP) is 5.58. The van der Waals surface area contributed by atoms with Gasteiger partial charge >= 0.3 is 0 Å². The molecule has 0 heterocycles. The number of carbonyl (C=O) groups is 1. The highest BCUT2D eigenvalue weighted by molar-refractivity contribution is 9.10. The average Bonchev–Trinajstić information content (AvgIpc) is 2.45. The number of ketones is 1. The van der Waals surface area contributed by atoms with E-state index in [4.69, 9.17) is 0 Å². The highest BCUT2D eigenvalue weighted by Gasteiger charge is 2.26. The van der Waals surface area contributed by atoms with E-state index in [0.717, 1.165) is 42.0 Å². The summed E-state index contributed by atoms with van der Waals surface area (Å²) >= 11 is 7.09. The zero-order valence-corrected chi connectivity index (χ0v) is 13.5. The molecule has 1 nitrogen and oxygen atoms in total. The lowest BCUT2D eigenvalue weighted by Crippen LogP contribution is -2.10.